The van der Waals surface area contributed by atoms with Crippen molar-refractivity contribution in [2.75, 3.05) is 24.5 Å². The van der Waals surface area contributed by atoms with Crippen LogP contribution in [0.25, 0.3) is 0 Å². The number of piperidine rings is 1. The molecule has 0 atom stereocenters. The van der Waals surface area contributed by atoms with Crippen molar-refractivity contribution in [3.63, 3.8) is 0 Å². The van der Waals surface area contributed by atoms with Gasteiger partial charge < -0.3 is 10.2 Å². The van der Waals surface area contributed by atoms with E-state index in [9.17, 15) is 0 Å². The Hall–Kier alpha value is -0.730. The molecule has 1 aliphatic rings. The number of hydrogen-bond acceptors (Lipinski definition) is 2. The van der Waals surface area contributed by atoms with Crippen molar-refractivity contribution in [2.24, 2.45) is 0 Å². The fourth-order valence-electron chi connectivity index (χ4n) is 2.54. The lowest BCUT2D eigenvalue weighted by Crippen LogP contribution is -2.42. The Kier molecular flexibility index (Phi) is 4.30. The summed E-state index contributed by atoms with van der Waals surface area (Å²) in [7, 11) is 0. The molecule has 2 rings (SSSR count). The second-order valence-electron chi connectivity index (χ2n) is 4.75. The van der Waals surface area contributed by atoms with E-state index in [-0.39, 0.29) is 0 Å². The second-order valence-corrected chi connectivity index (χ2v) is 5.19. The fourth-order valence-corrected chi connectivity index (χ4v) is 2.70. The smallest absolute Gasteiger partial charge is 0.0426 e. The van der Waals surface area contributed by atoms with Crippen molar-refractivity contribution in [3.05, 3.63) is 28.8 Å². The molecule has 1 aromatic rings. The first-order valence-electron chi connectivity index (χ1n) is 6.45. The van der Waals surface area contributed by atoms with Crippen LogP contribution in [0, 0.1) is 6.92 Å². The Morgan fingerprint density at radius 3 is 2.71 bits per heavy atom. The van der Waals surface area contributed by atoms with Crippen LogP contribution in [-0.2, 0) is 0 Å². The minimum Gasteiger partial charge on any atom is -0.371 e. The lowest BCUT2D eigenvalue weighted by Gasteiger charge is -2.34. The van der Waals surface area contributed by atoms with E-state index in [0.717, 1.165) is 24.7 Å². The van der Waals surface area contributed by atoms with E-state index in [1.165, 1.54) is 24.1 Å². The van der Waals surface area contributed by atoms with Crippen molar-refractivity contribution in [1.29, 1.82) is 0 Å². The summed E-state index contributed by atoms with van der Waals surface area (Å²) in [5.41, 5.74) is 2.61. The largest absolute Gasteiger partial charge is 0.371 e. The summed E-state index contributed by atoms with van der Waals surface area (Å²) in [4.78, 5) is 2.45. The molecule has 0 spiro atoms. The van der Waals surface area contributed by atoms with Gasteiger partial charge in [0.2, 0.25) is 0 Å². The first-order chi connectivity index (χ1) is 8.20. The standard InChI is InChI=1S/C14H21ClN2/c1-3-16-13-6-8-17(9-7-13)14-10-12(15)5-4-11(14)2/h4-5,10,13,16H,3,6-9H2,1-2H3. The number of anilines is 1. The van der Waals surface area contributed by atoms with Crippen molar-refractivity contribution in [1.82, 2.24) is 5.32 Å². The predicted octanol–water partition coefficient (Wildman–Crippen LogP) is 3.23. The molecule has 3 heteroatoms. The van der Waals surface area contributed by atoms with Crippen molar-refractivity contribution < 1.29 is 0 Å². The predicted molar refractivity (Wildman–Crippen MR) is 75.1 cm³/mol. The zero-order valence-corrected chi connectivity index (χ0v) is 11.4. The molecule has 0 radical (unpaired) electrons. The molecule has 0 bridgehead atoms. The lowest BCUT2D eigenvalue weighted by molar-refractivity contribution is 0.423. The number of halogens is 1. The number of hydrogen-bond donors (Lipinski definition) is 1. The topological polar surface area (TPSA) is 15.3 Å². The molecule has 0 aromatic heterocycles. The van der Waals surface area contributed by atoms with Gasteiger partial charge in [-0.05, 0) is 44.0 Å². The van der Waals surface area contributed by atoms with Crippen LogP contribution in [0.15, 0.2) is 18.2 Å². The van der Waals surface area contributed by atoms with Crippen LogP contribution in [0.2, 0.25) is 5.02 Å². The van der Waals surface area contributed by atoms with E-state index < -0.39 is 0 Å². The highest BCUT2D eigenvalue weighted by Gasteiger charge is 2.19. The normalized spacial score (nSPS) is 17.5. The summed E-state index contributed by atoms with van der Waals surface area (Å²) >= 11 is 6.08. The molecule has 0 unspecified atom stereocenters. The Morgan fingerprint density at radius 2 is 2.06 bits per heavy atom. The van der Waals surface area contributed by atoms with Crippen LogP contribution in [0.4, 0.5) is 5.69 Å². The highest BCUT2D eigenvalue weighted by molar-refractivity contribution is 6.30. The molecule has 1 fully saturated rings. The van der Waals surface area contributed by atoms with Gasteiger partial charge >= 0.3 is 0 Å². The van der Waals surface area contributed by atoms with Crippen molar-refractivity contribution in [3.8, 4) is 0 Å². The van der Waals surface area contributed by atoms with E-state index in [2.05, 4.69) is 36.2 Å². The van der Waals surface area contributed by atoms with Gasteiger partial charge in [-0.2, -0.15) is 0 Å². The maximum absolute atomic E-state index is 6.08. The summed E-state index contributed by atoms with van der Waals surface area (Å²) in [6.45, 7) is 7.65. The minimum atomic E-state index is 0.691. The molecule has 1 aliphatic heterocycles. The van der Waals surface area contributed by atoms with E-state index >= 15 is 0 Å². The number of nitrogens with zero attached hydrogens (tertiary/aromatic N) is 1. The molecule has 0 saturated carbocycles. The van der Waals surface area contributed by atoms with Gasteiger partial charge in [0.25, 0.3) is 0 Å². The Balaban J connectivity index is 2.02. The van der Waals surface area contributed by atoms with Crippen molar-refractivity contribution in [2.45, 2.75) is 32.7 Å². The summed E-state index contributed by atoms with van der Waals surface area (Å²) in [5, 5.41) is 4.36. The maximum Gasteiger partial charge on any atom is 0.0426 e. The number of rotatable bonds is 3. The van der Waals surface area contributed by atoms with Crippen LogP contribution < -0.4 is 10.2 Å². The quantitative estimate of drug-likeness (QED) is 0.889. The van der Waals surface area contributed by atoms with Gasteiger partial charge in [0.15, 0.2) is 0 Å². The van der Waals surface area contributed by atoms with Gasteiger partial charge in [0, 0.05) is 29.8 Å². The molecular formula is C14H21ClN2. The van der Waals surface area contributed by atoms with E-state index in [1.807, 2.05) is 6.07 Å². The minimum absolute atomic E-state index is 0.691. The van der Waals surface area contributed by atoms with Crippen LogP contribution in [0.3, 0.4) is 0 Å². The maximum atomic E-state index is 6.08. The average Bonchev–Trinajstić information content (AvgIpc) is 2.34. The van der Waals surface area contributed by atoms with Crippen LogP contribution in [0.1, 0.15) is 25.3 Å². The molecule has 17 heavy (non-hydrogen) atoms. The van der Waals surface area contributed by atoms with E-state index in [0.29, 0.717) is 6.04 Å². The van der Waals surface area contributed by atoms with E-state index in [1.54, 1.807) is 0 Å². The Morgan fingerprint density at radius 1 is 1.35 bits per heavy atom. The second kappa shape index (κ2) is 5.74. The average molecular weight is 253 g/mol. The van der Waals surface area contributed by atoms with Gasteiger partial charge in [-0.25, -0.2) is 0 Å². The zero-order chi connectivity index (χ0) is 12.3. The first kappa shape index (κ1) is 12.7. The fraction of sp³-hybridized carbons (Fsp3) is 0.571. The summed E-state index contributed by atoms with van der Waals surface area (Å²) in [5.74, 6) is 0. The molecular weight excluding hydrogens is 232 g/mol. The van der Waals surface area contributed by atoms with Crippen LogP contribution in [-0.4, -0.2) is 25.7 Å². The molecule has 0 amide bonds. The Bertz CT molecular complexity index is 370. The van der Waals surface area contributed by atoms with Crippen LogP contribution >= 0.6 is 11.6 Å². The summed E-state index contributed by atoms with van der Waals surface area (Å²) in [6, 6.07) is 6.85. The molecule has 1 N–H and O–H groups in total. The third-order valence-corrected chi connectivity index (χ3v) is 3.73. The highest BCUT2D eigenvalue weighted by Crippen LogP contribution is 2.26. The third-order valence-electron chi connectivity index (χ3n) is 3.50. The van der Waals surface area contributed by atoms with Crippen molar-refractivity contribution >= 4 is 17.3 Å². The third kappa shape index (κ3) is 3.14. The molecule has 0 aliphatic carbocycles. The monoisotopic (exact) mass is 252 g/mol. The molecule has 1 aromatic carbocycles. The molecule has 2 nitrogen and oxygen atoms in total. The van der Waals surface area contributed by atoms with Gasteiger partial charge in [-0.15, -0.1) is 0 Å². The SMILES string of the molecule is CCNC1CCN(c2cc(Cl)ccc2C)CC1. The van der Waals surface area contributed by atoms with Crippen LogP contribution in [0.5, 0.6) is 0 Å². The lowest BCUT2D eigenvalue weighted by atomic mass is 10.0. The number of benzene rings is 1. The summed E-state index contributed by atoms with van der Waals surface area (Å²) < 4.78 is 0. The van der Waals surface area contributed by atoms with Gasteiger partial charge in [-0.3, -0.25) is 0 Å². The molecule has 1 saturated heterocycles. The summed E-state index contributed by atoms with van der Waals surface area (Å²) in [6.07, 6.45) is 2.44. The number of aryl methyl sites for hydroxylation is 1. The first-order valence-corrected chi connectivity index (χ1v) is 6.83. The van der Waals surface area contributed by atoms with Gasteiger partial charge in [-0.1, -0.05) is 24.6 Å². The van der Waals surface area contributed by atoms with Gasteiger partial charge in [0.05, 0.1) is 0 Å². The number of nitrogens with one attached hydrogen (secondary N) is 1. The highest BCUT2D eigenvalue weighted by atomic mass is 35.5. The Labute approximate surface area is 109 Å². The van der Waals surface area contributed by atoms with E-state index in [4.69, 9.17) is 11.6 Å². The molecule has 1 heterocycles. The zero-order valence-electron chi connectivity index (χ0n) is 10.7. The van der Waals surface area contributed by atoms with Gasteiger partial charge in [0.1, 0.15) is 0 Å². The molecule has 94 valence electrons.